The monoisotopic (exact) mass is 352 g/mol. The summed E-state index contributed by atoms with van der Waals surface area (Å²) in [5.41, 5.74) is 2.61. The van der Waals surface area contributed by atoms with Crippen molar-refractivity contribution in [3.05, 3.63) is 16.1 Å². The zero-order chi connectivity index (χ0) is 13.2. The molecule has 0 radical (unpaired) electrons. The molecule has 1 atom stereocenters. The molecule has 1 amide bonds. The lowest BCUT2D eigenvalue weighted by Crippen LogP contribution is -2.52. The smallest absolute Gasteiger partial charge is 0.265 e. The van der Waals surface area contributed by atoms with E-state index in [-0.39, 0.29) is 30.7 Å². The van der Waals surface area contributed by atoms with E-state index >= 15 is 0 Å². The average molecular weight is 353 g/mol. The van der Waals surface area contributed by atoms with E-state index in [0.717, 1.165) is 49.8 Å². The zero-order valence-corrected chi connectivity index (χ0v) is 14.5. The third-order valence-corrected chi connectivity index (χ3v) is 5.01. The Labute approximate surface area is 141 Å². The molecule has 0 bridgehead atoms. The number of nitrogens with one attached hydrogen (secondary N) is 1. The number of rotatable bonds is 2. The number of hydrogen-bond donors (Lipinski definition) is 1. The van der Waals surface area contributed by atoms with Gasteiger partial charge in [-0.05, 0) is 19.9 Å². The summed E-state index contributed by atoms with van der Waals surface area (Å²) in [5, 5.41) is 3.40. The quantitative estimate of drug-likeness (QED) is 0.874. The standard InChI is InChI=1S/C13H20N4OS.2ClH/c1-10-12(19-9-15-10)13(18)17-6-4-16(5-7-17)11-2-3-14-8-11;;/h9,11,14H,2-8H2,1H3;2*1H. The fraction of sp³-hybridized carbons (Fsp3) is 0.692. The van der Waals surface area contributed by atoms with Crippen molar-refractivity contribution >= 4 is 42.1 Å². The van der Waals surface area contributed by atoms with Crippen molar-refractivity contribution in [2.24, 2.45) is 0 Å². The third-order valence-electron chi connectivity index (χ3n) is 4.09. The van der Waals surface area contributed by atoms with Gasteiger partial charge in [-0.3, -0.25) is 9.69 Å². The second kappa shape index (κ2) is 8.29. The van der Waals surface area contributed by atoms with Crippen LogP contribution in [0.25, 0.3) is 0 Å². The predicted molar refractivity (Wildman–Crippen MR) is 90.1 cm³/mol. The summed E-state index contributed by atoms with van der Waals surface area (Å²) < 4.78 is 0. The molecule has 1 N–H and O–H groups in total. The fourth-order valence-electron chi connectivity index (χ4n) is 2.89. The molecule has 2 saturated heterocycles. The number of piperazine rings is 1. The summed E-state index contributed by atoms with van der Waals surface area (Å²) in [7, 11) is 0. The molecule has 21 heavy (non-hydrogen) atoms. The van der Waals surface area contributed by atoms with Crippen molar-refractivity contribution in [1.29, 1.82) is 0 Å². The molecule has 120 valence electrons. The summed E-state index contributed by atoms with van der Waals surface area (Å²) in [4.78, 5) is 21.8. The highest BCUT2D eigenvalue weighted by molar-refractivity contribution is 7.11. The second-order valence-corrected chi connectivity index (χ2v) is 6.10. The fourth-order valence-corrected chi connectivity index (χ4v) is 3.66. The molecule has 3 heterocycles. The number of amides is 1. The van der Waals surface area contributed by atoms with E-state index in [1.807, 2.05) is 11.8 Å². The van der Waals surface area contributed by atoms with Crippen molar-refractivity contribution in [3.8, 4) is 0 Å². The number of carbonyl (C=O) groups excluding carboxylic acids is 1. The van der Waals surface area contributed by atoms with Crippen molar-refractivity contribution in [1.82, 2.24) is 20.1 Å². The second-order valence-electron chi connectivity index (χ2n) is 5.24. The highest BCUT2D eigenvalue weighted by atomic mass is 35.5. The maximum atomic E-state index is 12.4. The molecular weight excluding hydrogens is 331 g/mol. The van der Waals surface area contributed by atoms with Gasteiger partial charge in [-0.25, -0.2) is 4.98 Å². The van der Waals surface area contributed by atoms with Crippen molar-refractivity contribution < 1.29 is 4.79 Å². The van der Waals surface area contributed by atoms with Gasteiger partial charge in [-0.15, -0.1) is 36.2 Å². The van der Waals surface area contributed by atoms with E-state index in [1.165, 1.54) is 17.8 Å². The van der Waals surface area contributed by atoms with E-state index in [2.05, 4.69) is 15.2 Å². The third kappa shape index (κ3) is 4.07. The Morgan fingerprint density at radius 1 is 1.33 bits per heavy atom. The first-order chi connectivity index (χ1) is 9.25. The van der Waals surface area contributed by atoms with Gasteiger partial charge in [0.25, 0.3) is 5.91 Å². The van der Waals surface area contributed by atoms with Gasteiger partial charge in [0.05, 0.1) is 11.2 Å². The van der Waals surface area contributed by atoms with Gasteiger partial charge in [0.15, 0.2) is 0 Å². The molecule has 2 aliphatic rings. The number of carbonyl (C=O) groups is 1. The summed E-state index contributed by atoms with van der Waals surface area (Å²) in [6.07, 6.45) is 1.24. The van der Waals surface area contributed by atoms with E-state index in [1.54, 1.807) is 5.51 Å². The molecule has 0 saturated carbocycles. The van der Waals surface area contributed by atoms with Crippen LogP contribution in [-0.2, 0) is 0 Å². The summed E-state index contributed by atoms with van der Waals surface area (Å²) in [6.45, 7) is 7.81. The molecule has 0 aromatic carbocycles. The molecule has 8 heteroatoms. The molecule has 1 aromatic rings. The first kappa shape index (κ1) is 18.6. The first-order valence-electron chi connectivity index (χ1n) is 6.90. The van der Waals surface area contributed by atoms with E-state index in [4.69, 9.17) is 0 Å². The zero-order valence-electron chi connectivity index (χ0n) is 12.1. The number of hydrogen-bond acceptors (Lipinski definition) is 5. The van der Waals surface area contributed by atoms with Crippen LogP contribution in [0.3, 0.4) is 0 Å². The van der Waals surface area contributed by atoms with Gasteiger partial charge in [0.2, 0.25) is 0 Å². The van der Waals surface area contributed by atoms with Gasteiger partial charge in [-0.1, -0.05) is 0 Å². The maximum absolute atomic E-state index is 12.4. The predicted octanol–water partition coefficient (Wildman–Crippen LogP) is 1.41. The molecular formula is C13H22Cl2N4OS. The van der Waals surface area contributed by atoms with Gasteiger partial charge >= 0.3 is 0 Å². The van der Waals surface area contributed by atoms with E-state index in [9.17, 15) is 4.79 Å². The van der Waals surface area contributed by atoms with Crippen LogP contribution in [0.2, 0.25) is 0 Å². The average Bonchev–Trinajstić information content (AvgIpc) is 3.09. The largest absolute Gasteiger partial charge is 0.335 e. The van der Waals surface area contributed by atoms with Crippen molar-refractivity contribution in [2.75, 3.05) is 39.3 Å². The number of aromatic nitrogens is 1. The Kier molecular flexibility index (Phi) is 7.36. The molecule has 1 unspecified atom stereocenters. The SMILES string of the molecule is Cc1ncsc1C(=O)N1CCN(C2CCNC2)CC1.Cl.Cl. The Morgan fingerprint density at radius 3 is 2.57 bits per heavy atom. The minimum atomic E-state index is 0. The van der Waals surface area contributed by atoms with Gasteiger partial charge in [-0.2, -0.15) is 0 Å². The lowest BCUT2D eigenvalue weighted by Gasteiger charge is -2.37. The van der Waals surface area contributed by atoms with Crippen LogP contribution in [0.4, 0.5) is 0 Å². The Balaban J connectivity index is 0.00000110. The number of halogens is 2. The highest BCUT2D eigenvalue weighted by Gasteiger charge is 2.28. The summed E-state index contributed by atoms with van der Waals surface area (Å²) in [5.74, 6) is 0.157. The summed E-state index contributed by atoms with van der Waals surface area (Å²) >= 11 is 1.45. The van der Waals surface area contributed by atoms with E-state index in [0.29, 0.717) is 6.04 Å². The van der Waals surface area contributed by atoms with E-state index < -0.39 is 0 Å². The van der Waals surface area contributed by atoms with Crippen molar-refractivity contribution in [2.45, 2.75) is 19.4 Å². The normalized spacial score (nSPS) is 22.5. The van der Waals surface area contributed by atoms with Crippen LogP contribution in [0.15, 0.2) is 5.51 Å². The Bertz CT molecular complexity index is 457. The van der Waals surface area contributed by atoms with Crippen LogP contribution in [0.1, 0.15) is 21.8 Å². The lowest BCUT2D eigenvalue weighted by molar-refractivity contribution is 0.0587. The van der Waals surface area contributed by atoms with Crippen molar-refractivity contribution in [3.63, 3.8) is 0 Å². The maximum Gasteiger partial charge on any atom is 0.265 e. The molecule has 5 nitrogen and oxygen atoms in total. The number of nitrogens with zero attached hydrogens (tertiary/aromatic N) is 3. The van der Waals surface area contributed by atoms with Gasteiger partial charge in [0, 0.05) is 38.8 Å². The number of aryl methyl sites for hydroxylation is 1. The molecule has 1 aromatic heterocycles. The van der Waals surface area contributed by atoms with Crippen LogP contribution < -0.4 is 5.32 Å². The summed E-state index contributed by atoms with van der Waals surface area (Å²) in [6, 6.07) is 0.669. The minimum Gasteiger partial charge on any atom is -0.335 e. The van der Waals surface area contributed by atoms with Crippen LogP contribution >= 0.6 is 36.2 Å². The minimum absolute atomic E-state index is 0. The van der Waals surface area contributed by atoms with Gasteiger partial charge in [0.1, 0.15) is 4.88 Å². The van der Waals surface area contributed by atoms with Crippen LogP contribution in [0, 0.1) is 6.92 Å². The van der Waals surface area contributed by atoms with Crippen LogP contribution in [0.5, 0.6) is 0 Å². The Hall–Kier alpha value is -0.400. The lowest BCUT2D eigenvalue weighted by atomic mass is 10.2. The molecule has 0 spiro atoms. The molecule has 2 aliphatic heterocycles. The highest BCUT2D eigenvalue weighted by Crippen LogP contribution is 2.18. The molecule has 3 rings (SSSR count). The number of thiazole rings is 1. The topological polar surface area (TPSA) is 48.5 Å². The van der Waals surface area contributed by atoms with Crippen LogP contribution in [-0.4, -0.2) is 66.0 Å². The Morgan fingerprint density at radius 2 is 2.05 bits per heavy atom. The first-order valence-corrected chi connectivity index (χ1v) is 7.78. The molecule has 2 fully saturated rings. The van der Waals surface area contributed by atoms with Gasteiger partial charge < -0.3 is 10.2 Å². The molecule has 0 aliphatic carbocycles.